The smallest absolute Gasteiger partial charge is 0.228 e. The lowest BCUT2D eigenvalue weighted by atomic mass is 10.1. The monoisotopic (exact) mass is 240 g/mol. The lowest BCUT2D eigenvalue weighted by Gasteiger charge is -2.09. The van der Waals surface area contributed by atoms with Crippen LogP contribution in [-0.4, -0.2) is 5.91 Å². The maximum atomic E-state index is 11.9. The van der Waals surface area contributed by atoms with Crippen molar-refractivity contribution in [2.24, 2.45) is 0 Å². The molecule has 3 heteroatoms. The number of carbonyl (C=O) groups excluding carboxylic acids is 1. The Labute approximate surface area is 107 Å². The van der Waals surface area contributed by atoms with Gasteiger partial charge in [0.05, 0.1) is 6.42 Å². The number of amides is 1. The summed E-state index contributed by atoms with van der Waals surface area (Å²) in [5, 5.41) is 2.88. The molecule has 2 aromatic carbocycles. The zero-order chi connectivity index (χ0) is 13.0. The molecule has 0 aromatic heterocycles. The SMILES string of the molecule is Cc1ccc(N)cc1NC(=O)Cc1ccccc1. The van der Waals surface area contributed by atoms with Crippen LogP contribution in [-0.2, 0) is 11.2 Å². The molecule has 92 valence electrons. The Morgan fingerprint density at radius 2 is 1.89 bits per heavy atom. The first-order valence-corrected chi connectivity index (χ1v) is 5.85. The maximum Gasteiger partial charge on any atom is 0.228 e. The zero-order valence-corrected chi connectivity index (χ0v) is 10.3. The van der Waals surface area contributed by atoms with Crippen LogP contribution in [0.15, 0.2) is 48.5 Å². The number of anilines is 2. The molecular formula is C15H16N2O. The lowest BCUT2D eigenvalue weighted by Crippen LogP contribution is -2.15. The van der Waals surface area contributed by atoms with Crippen molar-refractivity contribution in [3.05, 3.63) is 59.7 Å². The molecule has 18 heavy (non-hydrogen) atoms. The van der Waals surface area contributed by atoms with Gasteiger partial charge in [-0.15, -0.1) is 0 Å². The Hall–Kier alpha value is -2.29. The Bertz CT molecular complexity index is 550. The van der Waals surface area contributed by atoms with Crippen LogP contribution in [0.2, 0.25) is 0 Å². The van der Waals surface area contributed by atoms with Gasteiger partial charge in [0, 0.05) is 11.4 Å². The summed E-state index contributed by atoms with van der Waals surface area (Å²) in [5.41, 5.74) is 9.13. The topological polar surface area (TPSA) is 55.1 Å². The molecule has 0 atom stereocenters. The van der Waals surface area contributed by atoms with E-state index in [-0.39, 0.29) is 5.91 Å². The second kappa shape index (κ2) is 5.36. The number of hydrogen-bond donors (Lipinski definition) is 2. The third kappa shape index (κ3) is 3.10. The van der Waals surface area contributed by atoms with Gasteiger partial charge in [0.25, 0.3) is 0 Å². The van der Waals surface area contributed by atoms with Gasteiger partial charge < -0.3 is 11.1 Å². The van der Waals surface area contributed by atoms with Gasteiger partial charge in [-0.1, -0.05) is 36.4 Å². The highest BCUT2D eigenvalue weighted by Gasteiger charge is 2.06. The van der Waals surface area contributed by atoms with E-state index in [0.29, 0.717) is 12.1 Å². The molecule has 1 amide bonds. The molecule has 3 nitrogen and oxygen atoms in total. The lowest BCUT2D eigenvalue weighted by molar-refractivity contribution is -0.115. The molecule has 0 bridgehead atoms. The van der Waals surface area contributed by atoms with Crippen LogP contribution in [0.4, 0.5) is 11.4 Å². The summed E-state index contributed by atoms with van der Waals surface area (Å²) in [6.07, 6.45) is 0.370. The van der Waals surface area contributed by atoms with E-state index in [0.717, 1.165) is 16.8 Å². The van der Waals surface area contributed by atoms with E-state index in [1.54, 1.807) is 6.07 Å². The zero-order valence-electron chi connectivity index (χ0n) is 10.3. The van der Waals surface area contributed by atoms with Crippen LogP contribution >= 0.6 is 0 Å². The van der Waals surface area contributed by atoms with E-state index >= 15 is 0 Å². The van der Waals surface area contributed by atoms with Crippen molar-refractivity contribution in [1.29, 1.82) is 0 Å². The highest BCUT2D eigenvalue weighted by atomic mass is 16.1. The summed E-state index contributed by atoms with van der Waals surface area (Å²) < 4.78 is 0. The van der Waals surface area contributed by atoms with Crippen LogP contribution in [0, 0.1) is 6.92 Å². The molecular weight excluding hydrogens is 224 g/mol. The second-order valence-corrected chi connectivity index (χ2v) is 4.28. The molecule has 0 aliphatic rings. The van der Waals surface area contributed by atoms with Crippen molar-refractivity contribution in [3.8, 4) is 0 Å². The first-order chi connectivity index (χ1) is 8.65. The highest BCUT2D eigenvalue weighted by molar-refractivity contribution is 5.93. The van der Waals surface area contributed by atoms with Crippen molar-refractivity contribution in [2.45, 2.75) is 13.3 Å². The summed E-state index contributed by atoms with van der Waals surface area (Å²) in [6, 6.07) is 15.2. The second-order valence-electron chi connectivity index (χ2n) is 4.28. The molecule has 2 rings (SSSR count). The number of benzene rings is 2. The molecule has 2 aromatic rings. The predicted molar refractivity (Wildman–Crippen MR) is 74.4 cm³/mol. The number of nitrogens with one attached hydrogen (secondary N) is 1. The van der Waals surface area contributed by atoms with Crippen LogP contribution < -0.4 is 11.1 Å². The third-order valence-electron chi connectivity index (χ3n) is 2.74. The van der Waals surface area contributed by atoms with Crippen molar-refractivity contribution in [3.63, 3.8) is 0 Å². The average molecular weight is 240 g/mol. The summed E-state index contributed by atoms with van der Waals surface area (Å²) in [4.78, 5) is 11.9. The summed E-state index contributed by atoms with van der Waals surface area (Å²) in [7, 11) is 0. The summed E-state index contributed by atoms with van der Waals surface area (Å²) in [6.45, 7) is 1.94. The number of aryl methyl sites for hydroxylation is 1. The fourth-order valence-corrected chi connectivity index (χ4v) is 1.75. The van der Waals surface area contributed by atoms with Gasteiger partial charge in [0.2, 0.25) is 5.91 Å². The van der Waals surface area contributed by atoms with Gasteiger partial charge in [-0.2, -0.15) is 0 Å². The van der Waals surface area contributed by atoms with E-state index in [4.69, 9.17) is 5.73 Å². The van der Waals surface area contributed by atoms with Crippen molar-refractivity contribution in [1.82, 2.24) is 0 Å². The molecule has 3 N–H and O–H groups in total. The van der Waals surface area contributed by atoms with Crippen LogP contribution in [0.5, 0.6) is 0 Å². The van der Waals surface area contributed by atoms with E-state index in [1.165, 1.54) is 0 Å². The van der Waals surface area contributed by atoms with Crippen molar-refractivity contribution in [2.75, 3.05) is 11.1 Å². The fraction of sp³-hybridized carbons (Fsp3) is 0.133. The maximum absolute atomic E-state index is 11.9. The highest BCUT2D eigenvalue weighted by Crippen LogP contribution is 2.18. The number of nitrogens with two attached hydrogens (primary N) is 1. The van der Waals surface area contributed by atoms with Crippen LogP contribution in [0.3, 0.4) is 0 Å². The number of rotatable bonds is 3. The van der Waals surface area contributed by atoms with E-state index in [9.17, 15) is 4.79 Å². The molecule has 0 aliphatic heterocycles. The Morgan fingerprint density at radius 1 is 1.17 bits per heavy atom. The quantitative estimate of drug-likeness (QED) is 0.810. The predicted octanol–water partition coefficient (Wildman–Crippen LogP) is 2.76. The minimum absolute atomic E-state index is 0.0325. The number of carbonyl (C=O) groups is 1. The number of nitrogen functional groups attached to an aromatic ring is 1. The molecule has 0 aliphatic carbocycles. The average Bonchev–Trinajstić information content (AvgIpc) is 2.35. The van der Waals surface area contributed by atoms with Crippen LogP contribution in [0.25, 0.3) is 0 Å². The van der Waals surface area contributed by atoms with Gasteiger partial charge in [0.15, 0.2) is 0 Å². The summed E-state index contributed by atoms with van der Waals surface area (Å²) >= 11 is 0. The molecule has 0 saturated heterocycles. The Kier molecular flexibility index (Phi) is 3.63. The van der Waals surface area contributed by atoms with E-state index < -0.39 is 0 Å². The van der Waals surface area contributed by atoms with E-state index in [2.05, 4.69) is 5.32 Å². The van der Waals surface area contributed by atoms with Gasteiger partial charge in [0.1, 0.15) is 0 Å². The molecule has 0 unspecified atom stereocenters. The number of hydrogen-bond acceptors (Lipinski definition) is 2. The fourth-order valence-electron chi connectivity index (χ4n) is 1.75. The molecule has 0 radical (unpaired) electrons. The van der Waals surface area contributed by atoms with Gasteiger partial charge >= 0.3 is 0 Å². The standard InChI is InChI=1S/C15H16N2O/c1-11-7-8-13(16)10-14(11)17-15(18)9-12-5-3-2-4-6-12/h2-8,10H,9,16H2,1H3,(H,17,18). The molecule has 0 saturated carbocycles. The minimum atomic E-state index is -0.0325. The first kappa shape index (κ1) is 12.2. The molecule has 0 heterocycles. The normalized spacial score (nSPS) is 10.1. The Balaban J connectivity index is 2.05. The van der Waals surface area contributed by atoms with Gasteiger partial charge in [-0.05, 0) is 30.2 Å². The van der Waals surface area contributed by atoms with Gasteiger partial charge in [-0.25, -0.2) is 0 Å². The van der Waals surface area contributed by atoms with Crippen molar-refractivity contribution >= 4 is 17.3 Å². The molecule has 0 fully saturated rings. The summed E-state index contributed by atoms with van der Waals surface area (Å²) in [5.74, 6) is -0.0325. The van der Waals surface area contributed by atoms with E-state index in [1.807, 2.05) is 49.4 Å². The minimum Gasteiger partial charge on any atom is -0.399 e. The van der Waals surface area contributed by atoms with Gasteiger partial charge in [-0.3, -0.25) is 4.79 Å². The molecule has 0 spiro atoms. The third-order valence-corrected chi connectivity index (χ3v) is 2.74. The van der Waals surface area contributed by atoms with Crippen molar-refractivity contribution < 1.29 is 4.79 Å². The van der Waals surface area contributed by atoms with Crippen LogP contribution in [0.1, 0.15) is 11.1 Å². The largest absolute Gasteiger partial charge is 0.399 e. The Morgan fingerprint density at radius 3 is 2.61 bits per heavy atom. The first-order valence-electron chi connectivity index (χ1n) is 5.85.